The molecule has 1 rings (SSSR count). The first-order chi connectivity index (χ1) is 7.26. The molecule has 0 radical (unpaired) electrons. The molecule has 0 saturated carbocycles. The Morgan fingerprint density at radius 2 is 2.00 bits per heavy atom. The van der Waals surface area contributed by atoms with Gasteiger partial charge in [0, 0.05) is 25.9 Å². The van der Waals surface area contributed by atoms with Gasteiger partial charge in [-0.15, -0.1) is 0 Å². The zero-order valence-electron chi connectivity index (χ0n) is 8.99. The number of nitrogens with zero attached hydrogens (tertiary/aromatic N) is 1. The number of hydrogen-bond acceptors (Lipinski definition) is 3. The lowest BCUT2D eigenvalue weighted by molar-refractivity contribution is 0.998. The molecular formula is C11H16N4. The molecular weight excluding hydrogens is 188 g/mol. The predicted octanol–water partition coefficient (Wildman–Crippen LogP) is 1.15. The molecule has 15 heavy (non-hydrogen) atoms. The van der Waals surface area contributed by atoms with E-state index in [2.05, 4.69) is 15.6 Å². The topological polar surface area (TPSA) is 62.4 Å². The van der Waals surface area contributed by atoms with Crippen LogP contribution in [-0.4, -0.2) is 19.9 Å². The van der Waals surface area contributed by atoms with Gasteiger partial charge in [0.1, 0.15) is 11.7 Å². The van der Waals surface area contributed by atoms with Crippen molar-refractivity contribution in [1.29, 1.82) is 0 Å². The van der Waals surface area contributed by atoms with Gasteiger partial charge in [-0.1, -0.05) is 18.2 Å². The van der Waals surface area contributed by atoms with Crippen molar-refractivity contribution >= 4 is 11.5 Å². The Hall–Kier alpha value is -1.97. The number of nitrogens with two attached hydrogens (primary N) is 1. The van der Waals surface area contributed by atoms with Gasteiger partial charge >= 0.3 is 0 Å². The summed E-state index contributed by atoms with van der Waals surface area (Å²) in [7, 11) is 3.48. The molecule has 0 amide bonds. The number of amidine groups is 1. The van der Waals surface area contributed by atoms with Crippen LogP contribution in [-0.2, 0) is 0 Å². The van der Waals surface area contributed by atoms with E-state index < -0.39 is 0 Å². The Kier molecular flexibility index (Phi) is 4.22. The van der Waals surface area contributed by atoms with Crippen molar-refractivity contribution in [3.05, 3.63) is 42.2 Å². The van der Waals surface area contributed by atoms with Crippen LogP contribution in [0.25, 0.3) is 0 Å². The fourth-order valence-corrected chi connectivity index (χ4v) is 1.06. The van der Waals surface area contributed by atoms with Gasteiger partial charge in [0.25, 0.3) is 0 Å². The second kappa shape index (κ2) is 5.70. The van der Waals surface area contributed by atoms with Gasteiger partial charge in [0.05, 0.1) is 0 Å². The third kappa shape index (κ3) is 3.72. The highest BCUT2D eigenvalue weighted by Gasteiger charge is 1.95. The minimum Gasteiger partial charge on any atom is -0.384 e. The quantitative estimate of drug-likeness (QED) is 0.509. The van der Waals surface area contributed by atoms with Crippen LogP contribution in [0.1, 0.15) is 0 Å². The largest absolute Gasteiger partial charge is 0.384 e. The highest BCUT2D eigenvalue weighted by atomic mass is 15.1. The first-order valence-electron chi connectivity index (χ1n) is 4.70. The molecule has 80 valence electrons. The number of anilines is 1. The Morgan fingerprint density at radius 1 is 1.33 bits per heavy atom. The summed E-state index contributed by atoms with van der Waals surface area (Å²) in [6, 6.07) is 9.85. The molecule has 1 aromatic rings. The van der Waals surface area contributed by atoms with E-state index >= 15 is 0 Å². The van der Waals surface area contributed by atoms with Crippen LogP contribution in [0, 0.1) is 0 Å². The fourth-order valence-electron chi connectivity index (χ4n) is 1.06. The van der Waals surface area contributed by atoms with Crippen molar-refractivity contribution in [1.82, 2.24) is 5.32 Å². The lowest BCUT2D eigenvalue weighted by atomic mass is 10.3. The smallest absolute Gasteiger partial charge is 0.121 e. The van der Waals surface area contributed by atoms with Crippen molar-refractivity contribution < 1.29 is 0 Å². The maximum absolute atomic E-state index is 5.60. The summed E-state index contributed by atoms with van der Waals surface area (Å²) < 4.78 is 0. The van der Waals surface area contributed by atoms with Crippen LogP contribution >= 0.6 is 0 Å². The average Bonchev–Trinajstić information content (AvgIpc) is 2.29. The Balaban J connectivity index is 2.74. The van der Waals surface area contributed by atoms with Gasteiger partial charge in [-0.3, -0.25) is 4.99 Å². The van der Waals surface area contributed by atoms with Gasteiger partial charge in [-0.2, -0.15) is 0 Å². The number of benzene rings is 1. The number of hydrogen-bond donors (Lipinski definition) is 3. The first-order valence-corrected chi connectivity index (χ1v) is 4.70. The summed E-state index contributed by atoms with van der Waals surface area (Å²) in [6.07, 6.45) is 1.74. The minimum atomic E-state index is 0.475. The van der Waals surface area contributed by atoms with Gasteiger partial charge < -0.3 is 16.4 Å². The molecule has 0 unspecified atom stereocenters. The Bertz CT molecular complexity index is 354. The summed E-state index contributed by atoms with van der Waals surface area (Å²) in [4.78, 5) is 3.86. The normalized spacial score (nSPS) is 12.4. The van der Waals surface area contributed by atoms with Crippen LogP contribution in [0.5, 0.6) is 0 Å². The zero-order valence-corrected chi connectivity index (χ0v) is 8.99. The van der Waals surface area contributed by atoms with Crippen molar-refractivity contribution in [3.63, 3.8) is 0 Å². The molecule has 1 aromatic carbocycles. The maximum atomic E-state index is 5.60. The molecule has 0 bridgehead atoms. The summed E-state index contributed by atoms with van der Waals surface area (Å²) in [5, 5.41) is 6.19. The fraction of sp³-hybridized carbons (Fsp3) is 0.182. The lowest BCUT2D eigenvalue weighted by Crippen LogP contribution is -2.19. The van der Waals surface area contributed by atoms with Crippen molar-refractivity contribution in [3.8, 4) is 0 Å². The third-order valence-electron chi connectivity index (χ3n) is 1.87. The number of para-hydroxylation sites is 1. The van der Waals surface area contributed by atoms with Gasteiger partial charge in [-0.05, 0) is 12.1 Å². The Labute approximate surface area is 89.9 Å². The van der Waals surface area contributed by atoms with Crippen LogP contribution < -0.4 is 16.4 Å². The van der Waals surface area contributed by atoms with E-state index in [4.69, 9.17) is 5.73 Å². The van der Waals surface area contributed by atoms with Crippen molar-refractivity contribution in [2.75, 3.05) is 19.4 Å². The molecule has 0 heterocycles. The number of nitrogens with one attached hydrogen (secondary N) is 2. The third-order valence-corrected chi connectivity index (χ3v) is 1.87. The van der Waals surface area contributed by atoms with Crippen LogP contribution in [0.2, 0.25) is 0 Å². The van der Waals surface area contributed by atoms with Crippen LogP contribution in [0.4, 0.5) is 5.69 Å². The molecule has 4 heteroatoms. The summed E-state index contributed by atoms with van der Waals surface area (Å²) in [6.45, 7) is 0. The van der Waals surface area contributed by atoms with E-state index in [1.807, 2.05) is 37.4 Å². The van der Waals surface area contributed by atoms with E-state index in [0.717, 1.165) is 11.5 Å². The van der Waals surface area contributed by atoms with Crippen LogP contribution in [0.15, 0.2) is 47.2 Å². The summed E-state index contributed by atoms with van der Waals surface area (Å²) >= 11 is 0. The average molecular weight is 204 g/mol. The number of aliphatic imine (C=N–C) groups is 1. The highest BCUT2D eigenvalue weighted by molar-refractivity contribution is 5.92. The molecule has 4 N–H and O–H groups in total. The zero-order chi connectivity index (χ0) is 11.1. The lowest BCUT2D eigenvalue weighted by Gasteiger charge is -2.09. The molecule has 0 aliphatic rings. The first kappa shape index (κ1) is 11.1. The molecule has 0 saturated heterocycles. The van der Waals surface area contributed by atoms with Gasteiger partial charge in [0.15, 0.2) is 0 Å². The minimum absolute atomic E-state index is 0.475. The molecule has 0 atom stereocenters. The molecule has 0 aliphatic carbocycles. The summed E-state index contributed by atoms with van der Waals surface area (Å²) in [5.74, 6) is 1.28. The Morgan fingerprint density at radius 3 is 2.53 bits per heavy atom. The van der Waals surface area contributed by atoms with E-state index in [-0.39, 0.29) is 0 Å². The standard InChI is InChI=1S/C11H16N4/c1-13-10(12)8-11(14-2)15-9-6-4-3-5-7-9/h3-8,14-15H,1-2H3,(H2,12,13). The monoisotopic (exact) mass is 204 g/mol. The van der Waals surface area contributed by atoms with Crippen molar-refractivity contribution in [2.24, 2.45) is 10.7 Å². The second-order valence-electron chi connectivity index (χ2n) is 2.95. The van der Waals surface area contributed by atoms with Gasteiger partial charge in [-0.25, -0.2) is 0 Å². The predicted molar refractivity (Wildman–Crippen MR) is 64.8 cm³/mol. The maximum Gasteiger partial charge on any atom is 0.121 e. The molecule has 0 aromatic heterocycles. The van der Waals surface area contributed by atoms with E-state index in [0.29, 0.717) is 5.84 Å². The van der Waals surface area contributed by atoms with Gasteiger partial charge in [0.2, 0.25) is 0 Å². The SMILES string of the molecule is CN=C(N)C=C(NC)Nc1ccccc1. The molecule has 0 fully saturated rings. The number of rotatable bonds is 4. The summed E-state index contributed by atoms with van der Waals surface area (Å²) in [5.41, 5.74) is 6.60. The van der Waals surface area contributed by atoms with E-state index in [1.165, 1.54) is 0 Å². The van der Waals surface area contributed by atoms with Crippen LogP contribution in [0.3, 0.4) is 0 Å². The second-order valence-corrected chi connectivity index (χ2v) is 2.95. The van der Waals surface area contributed by atoms with E-state index in [1.54, 1.807) is 13.1 Å². The van der Waals surface area contributed by atoms with E-state index in [9.17, 15) is 0 Å². The molecule has 0 spiro atoms. The molecule has 0 aliphatic heterocycles. The van der Waals surface area contributed by atoms with Crippen molar-refractivity contribution in [2.45, 2.75) is 0 Å². The highest BCUT2D eigenvalue weighted by Crippen LogP contribution is 2.06. The molecule has 4 nitrogen and oxygen atoms in total.